The molecule has 2 atom stereocenters. The minimum Gasteiger partial charge on any atom is -0.319 e. The Morgan fingerprint density at radius 2 is 1.72 bits per heavy atom. The number of sulfonamides is 1. The van der Waals surface area contributed by atoms with Gasteiger partial charge in [-0.15, -0.1) is 0 Å². The summed E-state index contributed by atoms with van der Waals surface area (Å²) in [6.45, 7) is 4.67. The lowest BCUT2D eigenvalue weighted by atomic mass is 9.94. The van der Waals surface area contributed by atoms with Crippen molar-refractivity contribution in [3.8, 4) is 0 Å². The Morgan fingerprint density at radius 1 is 1.07 bits per heavy atom. The summed E-state index contributed by atoms with van der Waals surface area (Å²) in [7, 11) is -3.89. The molecule has 0 bridgehead atoms. The molecule has 156 valence electrons. The summed E-state index contributed by atoms with van der Waals surface area (Å²) in [4.78, 5) is 12.3. The predicted octanol–water partition coefficient (Wildman–Crippen LogP) is 4.54. The highest BCUT2D eigenvalue weighted by atomic mass is 35.5. The summed E-state index contributed by atoms with van der Waals surface area (Å²) >= 11 is 5.68. The van der Waals surface area contributed by atoms with Gasteiger partial charge in [-0.05, 0) is 54.7 Å². The number of amides is 1. The molecule has 9 heteroatoms. The average Bonchev–Trinajstić information content (AvgIpc) is 2.63. The molecule has 1 saturated heterocycles. The number of anilines is 1. The molecular formula is C20H21ClF2N2O3S. The zero-order valence-electron chi connectivity index (χ0n) is 16.0. The van der Waals surface area contributed by atoms with Gasteiger partial charge in [-0.2, -0.15) is 4.31 Å². The van der Waals surface area contributed by atoms with Crippen molar-refractivity contribution in [1.82, 2.24) is 4.31 Å². The molecule has 1 aliphatic heterocycles. The number of carbonyl (C=O) groups excluding carboxylic acids is 1. The smallest absolute Gasteiger partial charge is 0.258 e. The number of carbonyl (C=O) groups is 1. The number of nitrogens with one attached hydrogen (secondary N) is 1. The maximum Gasteiger partial charge on any atom is 0.258 e. The second-order valence-corrected chi connectivity index (χ2v) is 9.86. The molecule has 0 spiro atoms. The van der Waals surface area contributed by atoms with Crippen LogP contribution in [0.1, 0.15) is 30.6 Å². The molecule has 2 aromatic rings. The lowest BCUT2D eigenvalue weighted by Crippen LogP contribution is -2.42. The summed E-state index contributed by atoms with van der Waals surface area (Å²) in [5.74, 6) is -2.25. The van der Waals surface area contributed by atoms with Crippen molar-refractivity contribution in [3.63, 3.8) is 0 Å². The Morgan fingerprint density at radius 3 is 2.34 bits per heavy atom. The Kier molecular flexibility index (Phi) is 6.26. The summed E-state index contributed by atoms with van der Waals surface area (Å²) in [5, 5.41) is 2.39. The first kappa shape index (κ1) is 21.7. The third-order valence-electron chi connectivity index (χ3n) is 4.83. The summed E-state index contributed by atoms with van der Waals surface area (Å²) in [6, 6.07) is 6.66. The van der Waals surface area contributed by atoms with E-state index < -0.39 is 33.1 Å². The van der Waals surface area contributed by atoms with Gasteiger partial charge >= 0.3 is 0 Å². The lowest BCUT2D eigenvalue weighted by molar-refractivity contribution is 0.102. The van der Waals surface area contributed by atoms with E-state index in [4.69, 9.17) is 11.6 Å². The van der Waals surface area contributed by atoms with Gasteiger partial charge in [-0.1, -0.05) is 25.4 Å². The van der Waals surface area contributed by atoms with Crippen LogP contribution in [0.2, 0.25) is 5.02 Å². The average molecular weight is 443 g/mol. The first-order valence-corrected chi connectivity index (χ1v) is 11.0. The van der Waals surface area contributed by atoms with Crippen molar-refractivity contribution in [2.45, 2.75) is 25.2 Å². The van der Waals surface area contributed by atoms with E-state index in [-0.39, 0.29) is 27.4 Å². The van der Waals surface area contributed by atoms with E-state index in [2.05, 4.69) is 5.32 Å². The molecule has 0 aromatic heterocycles. The van der Waals surface area contributed by atoms with Crippen molar-refractivity contribution < 1.29 is 22.0 Å². The lowest BCUT2D eigenvalue weighted by Gasteiger charge is -2.34. The zero-order chi connectivity index (χ0) is 21.3. The molecule has 0 saturated carbocycles. The number of rotatable bonds is 4. The van der Waals surface area contributed by atoms with Gasteiger partial charge in [-0.25, -0.2) is 17.2 Å². The third-order valence-corrected chi connectivity index (χ3v) is 6.90. The molecule has 5 nitrogen and oxygen atoms in total. The largest absolute Gasteiger partial charge is 0.319 e. The highest BCUT2D eigenvalue weighted by Crippen LogP contribution is 2.28. The number of hydrogen-bond acceptors (Lipinski definition) is 3. The van der Waals surface area contributed by atoms with Gasteiger partial charge in [0, 0.05) is 18.1 Å². The van der Waals surface area contributed by atoms with E-state index in [1.165, 1.54) is 16.4 Å². The Balaban J connectivity index is 1.90. The fraction of sp³-hybridized carbons (Fsp3) is 0.350. The number of benzene rings is 2. The Bertz CT molecular complexity index is 1040. The third kappa shape index (κ3) is 4.76. The van der Waals surface area contributed by atoms with Crippen LogP contribution in [0.25, 0.3) is 0 Å². The van der Waals surface area contributed by atoms with Crippen LogP contribution in [0, 0.1) is 23.5 Å². The fourth-order valence-corrected chi connectivity index (χ4v) is 5.44. The van der Waals surface area contributed by atoms with E-state index in [9.17, 15) is 22.0 Å². The molecule has 0 unspecified atom stereocenters. The molecule has 3 rings (SSSR count). The maximum atomic E-state index is 14.3. The standard InChI is InChI=1S/C20H21ClF2N2O3S/c1-12-7-13(2)11-25(10-12)29(27,28)15-4-5-17(22)16(9-15)20(26)24-19-6-3-14(21)8-18(19)23/h3-6,8-9,12-13H,7,10-11H2,1-2H3,(H,24,26)/t12-,13-/m1/s1. The number of halogens is 3. The first-order chi connectivity index (χ1) is 13.6. The maximum absolute atomic E-state index is 14.3. The molecule has 1 amide bonds. The fourth-order valence-electron chi connectivity index (χ4n) is 3.57. The van der Waals surface area contributed by atoms with E-state index in [0.29, 0.717) is 13.1 Å². The first-order valence-electron chi connectivity index (χ1n) is 9.14. The van der Waals surface area contributed by atoms with Gasteiger partial charge < -0.3 is 5.32 Å². The summed E-state index contributed by atoms with van der Waals surface area (Å²) in [5.41, 5.74) is -0.677. The second kappa shape index (κ2) is 8.38. The topological polar surface area (TPSA) is 66.5 Å². The molecule has 2 aromatic carbocycles. The molecule has 29 heavy (non-hydrogen) atoms. The minimum atomic E-state index is -3.89. The van der Waals surface area contributed by atoms with E-state index in [0.717, 1.165) is 30.7 Å². The highest BCUT2D eigenvalue weighted by molar-refractivity contribution is 7.89. The Labute approximate surface area is 173 Å². The van der Waals surface area contributed by atoms with Crippen LogP contribution in [0.4, 0.5) is 14.5 Å². The second-order valence-electron chi connectivity index (χ2n) is 7.49. The molecule has 1 fully saturated rings. The Hall–Kier alpha value is -2.03. The zero-order valence-corrected chi connectivity index (χ0v) is 17.5. The van der Waals surface area contributed by atoms with Gasteiger partial charge in [0.1, 0.15) is 11.6 Å². The molecule has 0 aliphatic carbocycles. The molecule has 1 N–H and O–H groups in total. The van der Waals surface area contributed by atoms with E-state index >= 15 is 0 Å². The minimum absolute atomic E-state index is 0.143. The van der Waals surface area contributed by atoms with Crippen LogP contribution in [-0.2, 0) is 10.0 Å². The molecule has 0 radical (unpaired) electrons. The SMILES string of the molecule is C[C@@H]1C[C@@H](C)CN(S(=O)(=O)c2ccc(F)c(C(=O)Nc3ccc(Cl)cc3F)c2)C1. The quantitative estimate of drug-likeness (QED) is 0.756. The normalized spacial score (nSPS) is 20.4. The summed E-state index contributed by atoms with van der Waals surface area (Å²) < 4.78 is 55.6. The molecule has 1 heterocycles. The molecular weight excluding hydrogens is 422 g/mol. The van der Waals surface area contributed by atoms with Crippen LogP contribution in [-0.4, -0.2) is 31.7 Å². The van der Waals surface area contributed by atoms with Crippen molar-refractivity contribution in [3.05, 3.63) is 58.6 Å². The van der Waals surface area contributed by atoms with E-state index in [1.54, 1.807) is 0 Å². The van der Waals surface area contributed by atoms with Crippen molar-refractivity contribution in [2.75, 3.05) is 18.4 Å². The molecule has 1 aliphatic rings. The van der Waals surface area contributed by atoms with Crippen LogP contribution in [0.3, 0.4) is 0 Å². The van der Waals surface area contributed by atoms with Crippen molar-refractivity contribution in [1.29, 1.82) is 0 Å². The van der Waals surface area contributed by atoms with Crippen LogP contribution in [0.5, 0.6) is 0 Å². The predicted molar refractivity (Wildman–Crippen MR) is 107 cm³/mol. The highest BCUT2D eigenvalue weighted by Gasteiger charge is 2.32. The number of nitrogens with zero attached hydrogens (tertiary/aromatic N) is 1. The van der Waals surface area contributed by atoms with Crippen molar-refractivity contribution in [2.24, 2.45) is 11.8 Å². The van der Waals surface area contributed by atoms with Crippen LogP contribution >= 0.6 is 11.6 Å². The van der Waals surface area contributed by atoms with Crippen LogP contribution < -0.4 is 5.32 Å². The van der Waals surface area contributed by atoms with Gasteiger partial charge in [-0.3, -0.25) is 4.79 Å². The van der Waals surface area contributed by atoms with Crippen molar-refractivity contribution >= 4 is 33.2 Å². The number of piperidine rings is 1. The van der Waals surface area contributed by atoms with Gasteiger partial charge in [0.15, 0.2) is 0 Å². The van der Waals surface area contributed by atoms with Gasteiger partial charge in [0.25, 0.3) is 5.91 Å². The monoisotopic (exact) mass is 442 g/mol. The van der Waals surface area contributed by atoms with E-state index in [1.807, 2.05) is 13.8 Å². The van der Waals surface area contributed by atoms with Gasteiger partial charge in [0.05, 0.1) is 16.1 Å². The summed E-state index contributed by atoms with van der Waals surface area (Å²) in [6.07, 6.45) is 0.926. The number of hydrogen-bond donors (Lipinski definition) is 1. The van der Waals surface area contributed by atoms with Gasteiger partial charge in [0.2, 0.25) is 10.0 Å². The van der Waals surface area contributed by atoms with Crippen LogP contribution in [0.15, 0.2) is 41.3 Å².